The van der Waals surface area contributed by atoms with Gasteiger partial charge in [-0.15, -0.1) is 0 Å². The minimum Gasteiger partial charge on any atom is -0.326 e. The quantitative estimate of drug-likeness (QED) is 0.847. The Kier molecular flexibility index (Phi) is 4.94. The van der Waals surface area contributed by atoms with Crippen molar-refractivity contribution in [2.24, 2.45) is 0 Å². The highest BCUT2D eigenvalue weighted by Crippen LogP contribution is 2.16. The molecule has 0 aliphatic rings. The number of carbonyl (C=O) groups is 2. The molecule has 4 heteroatoms. The number of carbonyl (C=O) groups excluding carboxylic acids is 2. The Bertz CT molecular complexity index is 708. The Labute approximate surface area is 130 Å². The SMILES string of the molecule is Cc1cccc(NC(=O)CC(=O)Nc2cc(C)ccc2C)c1. The summed E-state index contributed by atoms with van der Waals surface area (Å²) in [5.41, 5.74) is 4.53. The minimum absolute atomic E-state index is 0.207. The van der Waals surface area contributed by atoms with E-state index < -0.39 is 0 Å². The van der Waals surface area contributed by atoms with Gasteiger partial charge in [0, 0.05) is 11.4 Å². The molecule has 0 saturated heterocycles. The molecule has 114 valence electrons. The molecule has 0 saturated carbocycles. The number of rotatable bonds is 4. The Morgan fingerprint density at radius 2 is 1.55 bits per heavy atom. The molecule has 2 aromatic carbocycles. The molecule has 22 heavy (non-hydrogen) atoms. The Morgan fingerprint density at radius 1 is 0.864 bits per heavy atom. The van der Waals surface area contributed by atoms with Crippen LogP contribution in [-0.4, -0.2) is 11.8 Å². The van der Waals surface area contributed by atoms with E-state index in [4.69, 9.17) is 0 Å². The molecule has 0 spiro atoms. The van der Waals surface area contributed by atoms with Crippen molar-refractivity contribution in [1.29, 1.82) is 0 Å². The van der Waals surface area contributed by atoms with Crippen LogP contribution in [0.4, 0.5) is 11.4 Å². The highest BCUT2D eigenvalue weighted by molar-refractivity contribution is 6.08. The molecule has 0 unspecified atom stereocenters. The molecule has 0 fully saturated rings. The molecule has 4 nitrogen and oxygen atoms in total. The number of aryl methyl sites for hydroxylation is 3. The largest absolute Gasteiger partial charge is 0.326 e. The zero-order valence-electron chi connectivity index (χ0n) is 13.1. The van der Waals surface area contributed by atoms with Gasteiger partial charge in [0.05, 0.1) is 0 Å². The molecular weight excluding hydrogens is 276 g/mol. The molecule has 0 aliphatic heterocycles. The maximum atomic E-state index is 12.0. The molecule has 2 aromatic rings. The van der Waals surface area contributed by atoms with Crippen LogP contribution < -0.4 is 10.6 Å². The van der Waals surface area contributed by atoms with Crippen LogP contribution in [0.1, 0.15) is 23.1 Å². The second kappa shape index (κ2) is 6.89. The van der Waals surface area contributed by atoms with Gasteiger partial charge in [0.25, 0.3) is 0 Å². The Morgan fingerprint density at radius 3 is 2.27 bits per heavy atom. The summed E-state index contributed by atoms with van der Waals surface area (Å²) in [6.45, 7) is 5.82. The van der Waals surface area contributed by atoms with Crippen molar-refractivity contribution in [3.05, 3.63) is 59.2 Å². The van der Waals surface area contributed by atoms with Crippen molar-refractivity contribution in [1.82, 2.24) is 0 Å². The summed E-state index contributed by atoms with van der Waals surface area (Å²) in [5, 5.41) is 5.50. The van der Waals surface area contributed by atoms with Gasteiger partial charge in [-0.3, -0.25) is 9.59 Å². The second-order valence-corrected chi connectivity index (χ2v) is 5.46. The fourth-order valence-corrected chi connectivity index (χ4v) is 2.14. The van der Waals surface area contributed by atoms with Gasteiger partial charge >= 0.3 is 0 Å². The van der Waals surface area contributed by atoms with Gasteiger partial charge in [0.2, 0.25) is 11.8 Å². The van der Waals surface area contributed by atoms with Crippen molar-refractivity contribution in [3.8, 4) is 0 Å². The van der Waals surface area contributed by atoms with E-state index in [-0.39, 0.29) is 18.2 Å². The monoisotopic (exact) mass is 296 g/mol. The molecule has 2 rings (SSSR count). The van der Waals surface area contributed by atoms with Gasteiger partial charge in [-0.05, 0) is 55.7 Å². The zero-order valence-corrected chi connectivity index (χ0v) is 13.1. The average Bonchev–Trinajstić information content (AvgIpc) is 2.42. The predicted octanol–water partition coefficient (Wildman–Crippen LogP) is 3.58. The van der Waals surface area contributed by atoms with E-state index in [0.29, 0.717) is 5.69 Å². The first-order chi connectivity index (χ1) is 10.4. The molecule has 2 amide bonds. The Hall–Kier alpha value is -2.62. The number of hydrogen-bond donors (Lipinski definition) is 2. The maximum Gasteiger partial charge on any atom is 0.233 e. The summed E-state index contributed by atoms with van der Waals surface area (Å²) in [6, 6.07) is 13.3. The van der Waals surface area contributed by atoms with Crippen LogP contribution in [-0.2, 0) is 9.59 Å². The van der Waals surface area contributed by atoms with Gasteiger partial charge in [0.15, 0.2) is 0 Å². The van der Waals surface area contributed by atoms with Crippen LogP contribution >= 0.6 is 0 Å². The second-order valence-electron chi connectivity index (χ2n) is 5.46. The van der Waals surface area contributed by atoms with Gasteiger partial charge in [0.1, 0.15) is 6.42 Å². The van der Waals surface area contributed by atoms with Gasteiger partial charge < -0.3 is 10.6 Å². The van der Waals surface area contributed by atoms with Gasteiger partial charge in [-0.2, -0.15) is 0 Å². The topological polar surface area (TPSA) is 58.2 Å². The van der Waals surface area contributed by atoms with E-state index in [1.165, 1.54) is 0 Å². The highest BCUT2D eigenvalue weighted by Gasteiger charge is 2.11. The first kappa shape index (κ1) is 15.8. The summed E-state index contributed by atoms with van der Waals surface area (Å²) in [6.07, 6.45) is -0.207. The fourth-order valence-electron chi connectivity index (χ4n) is 2.14. The van der Waals surface area contributed by atoms with Crippen LogP contribution in [0.25, 0.3) is 0 Å². The third-order valence-electron chi connectivity index (χ3n) is 3.29. The number of benzene rings is 2. The molecule has 0 heterocycles. The number of anilines is 2. The lowest BCUT2D eigenvalue weighted by Crippen LogP contribution is -2.21. The van der Waals surface area contributed by atoms with E-state index in [1.807, 2.05) is 57.2 Å². The smallest absolute Gasteiger partial charge is 0.233 e. The maximum absolute atomic E-state index is 12.0. The number of hydrogen-bond acceptors (Lipinski definition) is 2. The van der Waals surface area contributed by atoms with Crippen molar-refractivity contribution < 1.29 is 9.59 Å². The lowest BCUT2D eigenvalue weighted by atomic mass is 10.1. The molecule has 0 bridgehead atoms. The number of amides is 2. The summed E-state index contributed by atoms with van der Waals surface area (Å²) in [5.74, 6) is -0.646. The molecular formula is C18H20N2O2. The van der Waals surface area contributed by atoms with Crippen LogP contribution in [0, 0.1) is 20.8 Å². The third-order valence-corrected chi connectivity index (χ3v) is 3.29. The first-order valence-electron chi connectivity index (χ1n) is 7.17. The first-order valence-corrected chi connectivity index (χ1v) is 7.17. The van der Waals surface area contributed by atoms with Crippen LogP contribution in [0.5, 0.6) is 0 Å². The lowest BCUT2D eigenvalue weighted by molar-refractivity contribution is -0.123. The van der Waals surface area contributed by atoms with Crippen molar-refractivity contribution in [2.75, 3.05) is 10.6 Å². The normalized spacial score (nSPS) is 10.1. The highest BCUT2D eigenvalue weighted by atomic mass is 16.2. The molecule has 0 radical (unpaired) electrons. The van der Waals surface area contributed by atoms with Crippen molar-refractivity contribution in [3.63, 3.8) is 0 Å². The Balaban J connectivity index is 1.94. The fraction of sp³-hybridized carbons (Fsp3) is 0.222. The average molecular weight is 296 g/mol. The van der Waals surface area contributed by atoms with E-state index in [1.54, 1.807) is 6.07 Å². The van der Waals surface area contributed by atoms with Gasteiger partial charge in [-0.1, -0.05) is 24.3 Å². The van der Waals surface area contributed by atoms with Gasteiger partial charge in [-0.25, -0.2) is 0 Å². The summed E-state index contributed by atoms with van der Waals surface area (Å²) in [7, 11) is 0. The summed E-state index contributed by atoms with van der Waals surface area (Å²) >= 11 is 0. The van der Waals surface area contributed by atoms with Crippen molar-refractivity contribution >= 4 is 23.2 Å². The summed E-state index contributed by atoms with van der Waals surface area (Å²) in [4.78, 5) is 23.9. The van der Waals surface area contributed by atoms with E-state index in [2.05, 4.69) is 10.6 Å². The van der Waals surface area contributed by atoms with E-state index >= 15 is 0 Å². The molecule has 0 aromatic heterocycles. The van der Waals surface area contributed by atoms with Crippen LogP contribution in [0.3, 0.4) is 0 Å². The van der Waals surface area contributed by atoms with Crippen molar-refractivity contribution in [2.45, 2.75) is 27.2 Å². The number of nitrogens with one attached hydrogen (secondary N) is 2. The van der Waals surface area contributed by atoms with E-state index in [0.717, 1.165) is 22.4 Å². The van der Waals surface area contributed by atoms with E-state index in [9.17, 15) is 9.59 Å². The lowest BCUT2D eigenvalue weighted by Gasteiger charge is -2.10. The molecule has 0 atom stereocenters. The van der Waals surface area contributed by atoms with Crippen LogP contribution in [0.2, 0.25) is 0 Å². The molecule has 2 N–H and O–H groups in total. The standard InChI is InChI=1S/C18H20N2O2/c1-12-5-4-6-15(9-12)19-17(21)11-18(22)20-16-10-13(2)7-8-14(16)3/h4-10H,11H2,1-3H3,(H,19,21)(H,20,22). The minimum atomic E-state index is -0.326. The third kappa shape index (κ3) is 4.45. The zero-order chi connectivity index (χ0) is 16.1. The predicted molar refractivity (Wildman–Crippen MR) is 89.0 cm³/mol. The van der Waals surface area contributed by atoms with Crippen LogP contribution in [0.15, 0.2) is 42.5 Å². The summed E-state index contributed by atoms with van der Waals surface area (Å²) < 4.78 is 0. The molecule has 0 aliphatic carbocycles.